The summed E-state index contributed by atoms with van der Waals surface area (Å²) in [6.07, 6.45) is 6.65. The van der Waals surface area contributed by atoms with Gasteiger partial charge >= 0.3 is 0 Å². The van der Waals surface area contributed by atoms with Crippen LogP contribution in [0.25, 0.3) is 0 Å². The number of aliphatic hydroxyl groups is 1. The highest BCUT2D eigenvalue weighted by Gasteiger charge is 2.70. The third-order valence-electron chi connectivity index (χ3n) is 9.12. The Kier molecular flexibility index (Phi) is 4.80. The molecule has 3 aliphatic heterocycles. The molecule has 3 heterocycles. The molecule has 1 spiro atoms. The van der Waals surface area contributed by atoms with E-state index in [0.29, 0.717) is 31.5 Å². The third-order valence-corrected chi connectivity index (χ3v) is 9.12. The molecule has 1 aromatic carbocycles. The van der Waals surface area contributed by atoms with Crippen molar-refractivity contribution in [3.8, 4) is 11.5 Å². The van der Waals surface area contributed by atoms with Crippen molar-refractivity contribution in [2.75, 3.05) is 40.5 Å². The highest BCUT2D eigenvalue weighted by atomic mass is 16.7. The number of fused-ring (bicyclic) bond motifs is 1. The van der Waals surface area contributed by atoms with Gasteiger partial charge in [-0.3, -0.25) is 0 Å². The molecule has 1 saturated carbocycles. The van der Waals surface area contributed by atoms with Gasteiger partial charge in [-0.05, 0) is 62.7 Å². The van der Waals surface area contributed by atoms with Crippen molar-refractivity contribution in [1.29, 1.82) is 0 Å². The molecule has 1 aromatic rings. The Morgan fingerprint density at radius 1 is 1.13 bits per heavy atom. The molecule has 170 valence electrons. The lowest BCUT2D eigenvalue weighted by Gasteiger charge is -2.60. The quantitative estimate of drug-likeness (QED) is 0.741. The molecule has 6 nitrogen and oxygen atoms in total. The number of likely N-dealkylation sites (N-methyl/N-ethyl adjacent to an activating group) is 1. The fourth-order valence-electron chi connectivity index (χ4n) is 7.41. The molecular formula is C25H35NO5. The molecule has 0 aromatic heterocycles. The van der Waals surface area contributed by atoms with Gasteiger partial charge in [-0.25, -0.2) is 0 Å². The van der Waals surface area contributed by atoms with E-state index < -0.39 is 17.3 Å². The zero-order valence-corrected chi connectivity index (χ0v) is 18.8. The van der Waals surface area contributed by atoms with Gasteiger partial charge in [0.05, 0.1) is 24.7 Å². The van der Waals surface area contributed by atoms with E-state index in [0.717, 1.165) is 43.1 Å². The number of piperidine rings is 1. The topological polar surface area (TPSA) is 60.4 Å². The number of hydrogen-bond donors (Lipinski definition) is 1. The minimum atomic E-state index is -0.967. The van der Waals surface area contributed by atoms with Gasteiger partial charge in [-0.2, -0.15) is 0 Å². The lowest BCUT2D eigenvalue weighted by molar-refractivity contribution is -0.225. The normalized spacial score (nSPS) is 42.0. The number of methoxy groups -OCH3 is 1. The Balaban J connectivity index is 1.49. The number of ether oxygens (including phenoxy) is 4. The summed E-state index contributed by atoms with van der Waals surface area (Å²) in [6, 6.07) is 4.19. The maximum absolute atomic E-state index is 12.5. The highest BCUT2D eigenvalue weighted by molar-refractivity contribution is 5.61. The van der Waals surface area contributed by atoms with E-state index in [-0.39, 0.29) is 6.04 Å². The molecule has 1 N–H and O–H groups in total. The van der Waals surface area contributed by atoms with E-state index in [1.54, 1.807) is 7.11 Å². The monoisotopic (exact) mass is 429 g/mol. The van der Waals surface area contributed by atoms with Crippen LogP contribution in [0.4, 0.5) is 0 Å². The first-order valence-electron chi connectivity index (χ1n) is 12.1. The smallest absolute Gasteiger partial charge is 0.212 e. The predicted octanol–water partition coefficient (Wildman–Crippen LogP) is 2.89. The van der Waals surface area contributed by atoms with E-state index in [9.17, 15) is 5.11 Å². The minimum absolute atomic E-state index is 0.0226. The lowest BCUT2D eigenvalue weighted by Crippen LogP contribution is -2.73. The van der Waals surface area contributed by atoms with Gasteiger partial charge in [0.25, 0.3) is 0 Å². The molecule has 0 radical (unpaired) electrons. The van der Waals surface area contributed by atoms with E-state index in [4.69, 9.17) is 18.9 Å². The first-order chi connectivity index (χ1) is 15.1. The lowest BCUT2D eigenvalue weighted by atomic mass is 9.53. The van der Waals surface area contributed by atoms with Crippen LogP contribution in [0.2, 0.25) is 0 Å². The summed E-state index contributed by atoms with van der Waals surface area (Å²) < 4.78 is 25.2. The maximum atomic E-state index is 12.5. The van der Waals surface area contributed by atoms with Crippen molar-refractivity contribution in [3.63, 3.8) is 0 Å². The summed E-state index contributed by atoms with van der Waals surface area (Å²) in [6.45, 7) is 2.94. The second-order valence-electron chi connectivity index (χ2n) is 10.4. The fraction of sp³-hybridized carbons (Fsp3) is 0.760. The van der Waals surface area contributed by atoms with E-state index >= 15 is 0 Å². The maximum Gasteiger partial charge on any atom is 0.212 e. The molecule has 31 heavy (non-hydrogen) atoms. The average molecular weight is 430 g/mol. The van der Waals surface area contributed by atoms with Crippen molar-refractivity contribution in [1.82, 2.24) is 4.90 Å². The zero-order chi connectivity index (χ0) is 21.2. The molecule has 5 aliphatic rings. The largest absolute Gasteiger partial charge is 0.493 e. The van der Waals surface area contributed by atoms with Crippen LogP contribution in [0, 0.1) is 11.8 Å². The zero-order valence-electron chi connectivity index (χ0n) is 18.8. The summed E-state index contributed by atoms with van der Waals surface area (Å²) in [5.74, 6) is 2.56. The van der Waals surface area contributed by atoms with Gasteiger partial charge in [-0.1, -0.05) is 18.9 Å². The molecule has 2 saturated heterocycles. The van der Waals surface area contributed by atoms with Crippen LogP contribution >= 0.6 is 0 Å². The highest BCUT2D eigenvalue weighted by Crippen LogP contribution is 2.63. The number of hydrogen-bond acceptors (Lipinski definition) is 6. The van der Waals surface area contributed by atoms with E-state index in [2.05, 4.69) is 18.0 Å². The van der Waals surface area contributed by atoms with Crippen LogP contribution in [0.15, 0.2) is 12.1 Å². The van der Waals surface area contributed by atoms with Gasteiger partial charge in [0.15, 0.2) is 11.5 Å². The predicted molar refractivity (Wildman–Crippen MR) is 116 cm³/mol. The van der Waals surface area contributed by atoms with Crippen LogP contribution in [-0.4, -0.2) is 68.5 Å². The summed E-state index contributed by atoms with van der Waals surface area (Å²) in [5, 5.41) is 12.5. The molecule has 3 unspecified atom stereocenters. The molecular weight excluding hydrogens is 394 g/mol. The third kappa shape index (κ3) is 2.71. The number of rotatable bonds is 1. The van der Waals surface area contributed by atoms with Crippen molar-refractivity contribution in [2.45, 2.75) is 68.3 Å². The van der Waals surface area contributed by atoms with E-state index in [1.807, 2.05) is 6.07 Å². The van der Waals surface area contributed by atoms with Crippen LogP contribution in [0.1, 0.15) is 49.7 Å². The van der Waals surface area contributed by atoms with Crippen LogP contribution in [-0.2, 0) is 21.3 Å². The minimum Gasteiger partial charge on any atom is -0.493 e. The Morgan fingerprint density at radius 2 is 1.94 bits per heavy atom. The Bertz CT molecular complexity index is 861. The standard InChI is InChI=1S/C25H35NO5/c1-26-11-9-24-21-16-7-8-19(28-2)22(21)31-23(24)30-15-18-6-4-3-5-17(18)14-29-12-10-25(24,27)20(26)13-16/h7-8,17-18,20,23,27H,3-6,9-15H2,1-2H3/t17?,18?,20-,23-,24+,25?/m1/s1. The van der Waals surface area contributed by atoms with Gasteiger partial charge in [0.1, 0.15) is 0 Å². The van der Waals surface area contributed by atoms with Gasteiger partial charge in [0.2, 0.25) is 6.29 Å². The van der Waals surface area contributed by atoms with Crippen molar-refractivity contribution in [3.05, 3.63) is 23.3 Å². The second-order valence-corrected chi connectivity index (χ2v) is 10.4. The summed E-state index contributed by atoms with van der Waals surface area (Å²) >= 11 is 0. The molecule has 2 aliphatic carbocycles. The second kappa shape index (κ2) is 7.34. The Labute approximate surface area is 184 Å². The number of likely N-dealkylation sites (tertiary alicyclic amines) is 1. The van der Waals surface area contributed by atoms with Crippen molar-refractivity contribution >= 4 is 0 Å². The molecule has 3 fully saturated rings. The Hall–Kier alpha value is -1.34. The summed E-state index contributed by atoms with van der Waals surface area (Å²) in [4.78, 5) is 2.33. The first-order valence-corrected chi connectivity index (χ1v) is 12.1. The first kappa shape index (κ1) is 20.3. The molecule has 6 heteroatoms. The van der Waals surface area contributed by atoms with Crippen molar-refractivity contribution in [2.24, 2.45) is 11.8 Å². The number of benzene rings is 1. The van der Waals surface area contributed by atoms with Gasteiger partial charge in [0, 0.05) is 31.2 Å². The van der Waals surface area contributed by atoms with Crippen LogP contribution in [0.3, 0.4) is 0 Å². The van der Waals surface area contributed by atoms with Crippen LogP contribution < -0.4 is 9.47 Å². The van der Waals surface area contributed by atoms with Gasteiger partial charge < -0.3 is 29.0 Å². The van der Waals surface area contributed by atoms with Crippen LogP contribution in [0.5, 0.6) is 11.5 Å². The molecule has 2 bridgehead atoms. The molecule has 0 amide bonds. The van der Waals surface area contributed by atoms with Crippen molar-refractivity contribution < 1.29 is 24.1 Å². The molecule has 6 atom stereocenters. The molecule has 6 rings (SSSR count). The average Bonchev–Trinajstić information content (AvgIpc) is 3.10. The summed E-state index contributed by atoms with van der Waals surface area (Å²) in [7, 11) is 3.82. The van der Waals surface area contributed by atoms with E-state index in [1.165, 1.54) is 31.2 Å². The Morgan fingerprint density at radius 3 is 2.74 bits per heavy atom. The fourth-order valence-corrected chi connectivity index (χ4v) is 7.41. The SMILES string of the molecule is COc1ccc2c3c1O[C@H]1OCC4CCCCC4COCCC4(O)[C@@H](C2)N(C)CC[C@]314. The van der Waals surface area contributed by atoms with Gasteiger partial charge in [-0.15, -0.1) is 0 Å². The summed E-state index contributed by atoms with van der Waals surface area (Å²) in [5.41, 5.74) is 0.835. The number of nitrogens with zero attached hydrogens (tertiary/aromatic N) is 1.